The van der Waals surface area contributed by atoms with E-state index in [1.54, 1.807) is 0 Å². The molecule has 1 saturated heterocycles. The Bertz CT molecular complexity index is 211. The van der Waals surface area contributed by atoms with Crippen LogP contribution >= 0.6 is 7.37 Å². The van der Waals surface area contributed by atoms with Crippen LogP contribution in [-0.4, -0.2) is 29.3 Å². The van der Waals surface area contributed by atoms with E-state index in [4.69, 9.17) is 9.47 Å². The van der Waals surface area contributed by atoms with Gasteiger partial charge in [0, 0.05) is 6.66 Å². The lowest BCUT2D eigenvalue weighted by molar-refractivity contribution is -0.0965. The first-order valence-corrected chi connectivity index (χ1v) is 6.03. The van der Waals surface area contributed by atoms with E-state index in [9.17, 15) is 9.46 Å². The molecule has 1 heterocycles. The van der Waals surface area contributed by atoms with Gasteiger partial charge in [0.1, 0.15) is 0 Å². The van der Waals surface area contributed by atoms with Gasteiger partial charge in [0.25, 0.3) is 7.37 Å². The molecule has 0 amide bonds. The van der Waals surface area contributed by atoms with Gasteiger partial charge in [0.05, 0.1) is 12.2 Å². The summed E-state index contributed by atoms with van der Waals surface area (Å²) >= 11 is 0. The lowest BCUT2D eigenvalue weighted by Gasteiger charge is -2.25. The Morgan fingerprint density at radius 3 is 1.83 bits per heavy atom. The van der Waals surface area contributed by atoms with Crippen molar-refractivity contribution < 1.29 is 18.9 Å². The van der Waals surface area contributed by atoms with Crippen molar-refractivity contribution in [3.63, 3.8) is 0 Å². The molecule has 0 aromatic carbocycles. The Morgan fingerprint density at radius 1 is 1.33 bits per heavy atom. The fourth-order valence-corrected chi connectivity index (χ4v) is 1.83. The molecule has 0 aromatic heterocycles. The summed E-state index contributed by atoms with van der Waals surface area (Å²) < 4.78 is 21.9. The van der Waals surface area contributed by atoms with Crippen LogP contribution in [0.5, 0.6) is 0 Å². The molecule has 1 rings (SSSR count). The maximum Gasteiger partial charge on any atom is 0.255 e. The van der Waals surface area contributed by atoms with Crippen LogP contribution in [0.3, 0.4) is 0 Å². The lowest BCUT2D eigenvalue weighted by Crippen LogP contribution is -2.26. The fraction of sp³-hybridized carbons (Fsp3) is 1.00. The van der Waals surface area contributed by atoms with Gasteiger partial charge in [0.2, 0.25) is 5.53 Å². The molecule has 12 heavy (non-hydrogen) atoms. The van der Waals surface area contributed by atoms with Crippen molar-refractivity contribution in [2.24, 2.45) is 0 Å². The Labute approximate surface area is 72.3 Å². The maximum atomic E-state index is 11.3. The average Bonchev–Trinajstić information content (AvgIpc) is 2.06. The van der Waals surface area contributed by atoms with Gasteiger partial charge >= 0.3 is 0 Å². The van der Waals surface area contributed by atoms with Crippen LogP contribution in [0.15, 0.2) is 0 Å². The zero-order valence-corrected chi connectivity index (χ0v) is 8.67. The highest BCUT2D eigenvalue weighted by Crippen LogP contribution is 2.56. The fourth-order valence-electron chi connectivity index (χ4n) is 1.10. The smallest absolute Gasteiger partial charge is 0.255 e. The molecule has 0 bridgehead atoms. The van der Waals surface area contributed by atoms with Crippen LogP contribution in [0.25, 0.3) is 0 Å². The van der Waals surface area contributed by atoms with Crippen LogP contribution in [0, 0.1) is 0 Å². The van der Waals surface area contributed by atoms with E-state index in [0.717, 1.165) is 0 Å². The van der Waals surface area contributed by atoms with Crippen molar-refractivity contribution in [3.8, 4) is 0 Å². The van der Waals surface area contributed by atoms with E-state index >= 15 is 0 Å². The molecule has 0 aliphatic carbocycles. The highest BCUT2D eigenvalue weighted by atomic mass is 31.2. The van der Waals surface area contributed by atoms with Crippen LogP contribution in [0.1, 0.15) is 20.8 Å². The predicted molar refractivity (Wildman–Crippen MR) is 45.2 cm³/mol. The first kappa shape index (κ1) is 10.2. The minimum atomic E-state index is -3.34. The average molecular weight is 194 g/mol. The van der Waals surface area contributed by atoms with Gasteiger partial charge in [-0.05, 0) is 20.8 Å². The van der Waals surface area contributed by atoms with Crippen LogP contribution in [-0.2, 0) is 14.0 Å². The molecule has 4 nitrogen and oxygen atoms in total. The minimum absolute atomic E-state index is 0.129. The van der Waals surface area contributed by atoms with Gasteiger partial charge in [0.15, 0.2) is 0 Å². The second-order valence-corrected chi connectivity index (χ2v) is 5.99. The van der Waals surface area contributed by atoms with Gasteiger partial charge in [-0.25, -0.2) is 0 Å². The highest BCUT2D eigenvalue weighted by molar-refractivity contribution is 7.58. The second kappa shape index (κ2) is 2.81. The minimum Gasteiger partial charge on any atom is -0.341 e. The number of rotatable bonds is 1. The molecule has 0 radical (unpaired) electrons. The third kappa shape index (κ3) is 1.57. The summed E-state index contributed by atoms with van der Waals surface area (Å²) in [4.78, 5) is 9.32. The number of hydrogen-bond donors (Lipinski definition) is 1. The van der Waals surface area contributed by atoms with Gasteiger partial charge in [-0.2, -0.15) is 0 Å². The van der Waals surface area contributed by atoms with Crippen molar-refractivity contribution >= 4 is 7.37 Å². The molecule has 72 valence electrons. The molecule has 5 heteroatoms. The van der Waals surface area contributed by atoms with Crippen molar-refractivity contribution in [1.29, 1.82) is 0 Å². The van der Waals surface area contributed by atoms with Crippen LogP contribution in [0.4, 0.5) is 0 Å². The van der Waals surface area contributed by atoms with E-state index in [0.29, 0.717) is 0 Å². The molecule has 0 aromatic rings. The summed E-state index contributed by atoms with van der Waals surface area (Å²) in [5.41, 5.74) is -1.31. The van der Waals surface area contributed by atoms with E-state index in [1.165, 1.54) is 13.6 Å². The molecular weight excluding hydrogens is 179 g/mol. The molecule has 0 saturated carbocycles. The van der Waals surface area contributed by atoms with E-state index in [-0.39, 0.29) is 12.2 Å². The summed E-state index contributed by atoms with van der Waals surface area (Å²) in [6.07, 6.45) is -0.258. The first-order valence-electron chi connectivity index (χ1n) is 3.92. The van der Waals surface area contributed by atoms with Gasteiger partial charge in [-0.1, -0.05) is 0 Å². The summed E-state index contributed by atoms with van der Waals surface area (Å²) in [6.45, 7) is 6.41. The SMILES string of the molecule is CC1OC(C)(P(C)(=O)O)OC1C. The highest BCUT2D eigenvalue weighted by Gasteiger charge is 2.50. The van der Waals surface area contributed by atoms with Crippen molar-refractivity contribution in [2.45, 2.75) is 38.5 Å². The van der Waals surface area contributed by atoms with Gasteiger partial charge < -0.3 is 14.4 Å². The summed E-state index contributed by atoms with van der Waals surface area (Å²) in [5, 5.41) is 0. The molecule has 3 unspecified atom stereocenters. The van der Waals surface area contributed by atoms with E-state index < -0.39 is 12.9 Å². The lowest BCUT2D eigenvalue weighted by atomic mass is 10.3. The number of hydrogen-bond acceptors (Lipinski definition) is 3. The van der Waals surface area contributed by atoms with Crippen LogP contribution in [0.2, 0.25) is 0 Å². The standard InChI is InChI=1S/C7H15O4P/c1-5-6(2)11-7(3,10-5)12(4,8)9/h5-6H,1-4H3,(H,8,9). The molecule has 1 aliphatic heterocycles. The molecule has 0 spiro atoms. The summed E-state index contributed by atoms with van der Waals surface area (Å²) in [6, 6.07) is 0. The van der Waals surface area contributed by atoms with Gasteiger partial charge in [-0.3, -0.25) is 4.57 Å². The van der Waals surface area contributed by atoms with Crippen LogP contribution < -0.4 is 0 Å². The quantitative estimate of drug-likeness (QED) is 0.641. The first-order chi connectivity index (χ1) is 5.26. The molecule has 3 atom stereocenters. The molecule has 1 N–H and O–H groups in total. The number of ether oxygens (including phenoxy) is 2. The second-order valence-electron chi connectivity index (χ2n) is 3.42. The third-order valence-corrected chi connectivity index (χ3v) is 3.94. The van der Waals surface area contributed by atoms with Crippen molar-refractivity contribution in [2.75, 3.05) is 6.66 Å². The molecular formula is C7H15O4P. The van der Waals surface area contributed by atoms with E-state index in [1.807, 2.05) is 13.8 Å². The zero-order valence-electron chi connectivity index (χ0n) is 7.77. The molecule has 1 fully saturated rings. The monoisotopic (exact) mass is 194 g/mol. The van der Waals surface area contributed by atoms with Gasteiger partial charge in [-0.15, -0.1) is 0 Å². The predicted octanol–water partition coefficient (Wildman–Crippen LogP) is 1.38. The maximum absolute atomic E-state index is 11.3. The summed E-state index contributed by atoms with van der Waals surface area (Å²) in [5.74, 6) is 0. The Balaban J connectivity index is 2.84. The topological polar surface area (TPSA) is 55.8 Å². The zero-order chi connectivity index (χ0) is 9.57. The normalized spacial score (nSPS) is 47.4. The Morgan fingerprint density at radius 2 is 1.67 bits per heavy atom. The largest absolute Gasteiger partial charge is 0.341 e. The van der Waals surface area contributed by atoms with Crippen molar-refractivity contribution in [3.05, 3.63) is 0 Å². The van der Waals surface area contributed by atoms with Crippen molar-refractivity contribution in [1.82, 2.24) is 0 Å². The Hall–Kier alpha value is 0.110. The Kier molecular flexibility index (Phi) is 2.39. The summed E-state index contributed by atoms with van der Waals surface area (Å²) in [7, 11) is -3.34. The molecule has 1 aliphatic rings. The third-order valence-electron chi connectivity index (χ3n) is 2.22. The van der Waals surface area contributed by atoms with E-state index in [2.05, 4.69) is 0 Å².